The first-order valence-corrected chi connectivity index (χ1v) is 11.4. The van der Waals surface area contributed by atoms with E-state index in [0.717, 1.165) is 12.0 Å². The Kier molecular flexibility index (Phi) is 5.33. The number of anilines is 1. The number of methoxy groups -OCH3 is 1. The molecule has 0 saturated heterocycles. The first-order chi connectivity index (χ1) is 16.0. The predicted octanol–water partition coefficient (Wildman–Crippen LogP) is 4.50. The molecule has 1 aliphatic heterocycles. The Balaban J connectivity index is 1.74. The van der Waals surface area contributed by atoms with E-state index in [9.17, 15) is 9.59 Å². The van der Waals surface area contributed by atoms with E-state index in [-0.39, 0.29) is 16.8 Å². The zero-order valence-electron chi connectivity index (χ0n) is 18.3. The summed E-state index contributed by atoms with van der Waals surface area (Å²) in [6, 6.07) is 9.99. The summed E-state index contributed by atoms with van der Waals surface area (Å²) in [5, 5.41) is 8.79. The maximum absolute atomic E-state index is 13.7. The summed E-state index contributed by atoms with van der Waals surface area (Å²) in [4.78, 5) is 28.6. The van der Waals surface area contributed by atoms with Crippen molar-refractivity contribution in [3.8, 4) is 11.5 Å². The SMILES string of the molecule is CCCOc1ccc([C@@H]2c3c(oc4ccc(C)cc4c3=O)C(=O)N2c2nncs2)cc1OC. The highest BCUT2D eigenvalue weighted by Gasteiger charge is 2.45. The molecule has 0 radical (unpaired) electrons. The molecule has 2 aromatic heterocycles. The maximum Gasteiger partial charge on any atom is 0.297 e. The molecule has 9 heteroatoms. The predicted molar refractivity (Wildman–Crippen MR) is 125 cm³/mol. The molecule has 5 rings (SSSR count). The number of benzene rings is 2. The van der Waals surface area contributed by atoms with Gasteiger partial charge in [0, 0.05) is 0 Å². The molecular formula is C24H21N3O5S. The average molecular weight is 464 g/mol. The highest BCUT2D eigenvalue weighted by Crippen LogP contribution is 2.43. The number of fused-ring (bicyclic) bond motifs is 2. The van der Waals surface area contributed by atoms with Gasteiger partial charge in [0.25, 0.3) is 5.91 Å². The molecule has 0 fully saturated rings. The number of aryl methyl sites for hydroxylation is 1. The molecule has 0 aliphatic carbocycles. The molecule has 4 aromatic rings. The zero-order valence-corrected chi connectivity index (χ0v) is 19.1. The lowest BCUT2D eigenvalue weighted by atomic mass is 9.98. The molecule has 0 spiro atoms. The summed E-state index contributed by atoms with van der Waals surface area (Å²) >= 11 is 1.21. The van der Waals surface area contributed by atoms with Crippen molar-refractivity contribution >= 4 is 33.3 Å². The summed E-state index contributed by atoms with van der Waals surface area (Å²) in [7, 11) is 1.55. The third-order valence-corrected chi connectivity index (χ3v) is 6.23. The number of aromatic nitrogens is 2. The van der Waals surface area contributed by atoms with Crippen molar-refractivity contribution in [1.29, 1.82) is 0 Å². The van der Waals surface area contributed by atoms with Crippen LogP contribution in [0.25, 0.3) is 11.0 Å². The Hall–Kier alpha value is -3.72. The number of hydrogen-bond donors (Lipinski definition) is 0. The highest BCUT2D eigenvalue weighted by atomic mass is 32.1. The van der Waals surface area contributed by atoms with E-state index >= 15 is 0 Å². The van der Waals surface area contributed by atoms with Crippen molar-refractivity contribution in [1.82, 2.24) is 10.2 Å². The molecule has 8 nitrogen and oxygen atoms in total. The van der Waals surface area contributed by atoms with Gasteiger partial charge in [-0.2, -0.15) is 0 Å². The number of carbonyl (C=O) groups is 1. The zero-order chi connectivity index (χ0) is 23.1. The summed E-state index contributed by atoms with van der Waals surface area (Å²) in [5.74, 6) is 0.690. The highest BCUT2D eigenvalue weighted by molar-refractivity contribution is 7.13. The molecule has 33 heavy (non-hydrogen) atoms. The monoisotopic (exact) mass is 463 g/mol. The Labute approximate surface area is 193 Å². The van der Waals surface area contributed by atoms with Gasteiger partial charge in [-0.3, -0.25) is 14.5 Å². The van der Waals surface area contributed by atoms with Crippen molar-refractivity contribution in [3.63, 3.8) is 0 Å². The van der Waals surface area contributed by atoms with Crippen LogP contribution in [-0.4, -0.2) is 29.8 Å². The first kappa shape index (κ1) is 21.1. The van der Waals surface area contributed by atoms with Crippen LogP contribution in [0, 0.1) is 6.92 Å². The van der Waals surface area contributed by atoms with Crippen LogP contribution in [0.1, 0.15) is 46.6 Å². The van der Waals surface area contributed by atoms with E-state index in [0.29, 0.717) is 39.8 Å². The molecule has 0 unspecified atom stereocenters. The van der Waals surface area contributed by atoms with Gasteiger partial charge in [0.1, 0.15) is 11.1 Å². The van der Waals surface area contributed by atoms with Crippen LogP contribution in [0.5, 0.6) is 11.5 Å². The Morgan fingerprint density at radius 1 is 1.15 bits per heavy atom. The van der Waals surface area contributed by atoms with E-state index in [2.05, 4.69) is 10.2 Å². The van der Waals surface area contributed by atoms with Crippen molar-refractivity contribution in [2.75, 3.05) is 18.6 Å². The van der Waals surface area contributed by atoms with E-state index in [1.165, 1.54) is 16.2 Å². The third-order valence-electron chi connectivity index (χ3n) is 5.55. The Morgan fingerprint density at radius 3 is 2.73 bits per heavy atom. The number of ether oxygens (including phenoxy) is 2. The average Bonchev–Trinajstić information content (AvgIpc) is 3.45. The smallest absolute Gasteiger partial charge is 0.297 e. The fourth-order valence-corrected chi connectivity index (χ4v) is 4.64. The van der Waals surface area contributed by atoms with E-state index in [4.69, 9.17) is 13.9 Å². The van der Waals surface area contributed by atoms with Crippen LogP contribution < -0.4 is 19.8 Å². The molecule has 168 valence electrons. The molecule has 1 aliphatic rings. The number of rotatable bonds is 6. The van der Waals surface area contributed by atoms with Gasteiger partial charge in [-0.15, -0.1) is 10.2 Å². The van der Waals surface area contributed by atoms with Gasteiger partial charge in [0.05, 0.1) is 30.7 Å². The van der Waals surface area contributed by atoms with E-state index in [1.54, 1.807) is 36.9 Å². The summed E-state index contributed by atoms with van der Waals surface area (Å²) < 4.78 is 17.3. The molecule has 1 amide bonds. The van der Waals surface area contributed by atoms with Crippen molar-refractivity contribution in [3.05, 3.63) is 74.6 Å². The molecule has 1 atom stereocenters. The molecular weight excluding hydrogens is 442 g/mol. The molecule has 0 N–H and O–H groups in total. The largest absolute Gasteiger partial charge is 0.493 e. The van der Waals surface area contributed by atoms with E-state index < -0.39 is 11.9 Å². The lowest BCUT2D eigenvalue weighted by molar-refractivity contribution is 0.0970. The summed E-state index contributed by atoms with van der Waals surface area (Å²) in [6.45, 7) is 4.47. The fraction of sp³-hybridized carbons (Fsp3) is 0.250. The molecule has 0 bridgehead atoms. The summed E-state index contributed by atoms with van der Waals surface area (Å²) in [5.41, 5.74) is 3.55. The van der Waals surface area contributed by atoms with Crippen LogP contribution in [0.2, 0.25) is 0 Å². The van der Waals surface area contributed by atoms with Gasteiger partial charge in [0.2, 0.25) is 10.9 Å². The van der Waals surface area contributed by atoms with Crippen LogP contribution in [0.3, 0.4) is 0 Å². The van der Waals surface area contributed by atoms with Crippen molar-refractivity contribution in [2.24, 2.45) is 0 Å². The lowest BCUT2D eigenvalue weighted by Crippen LogP contribution is -2.29. The second-order valence-corrected chi connectivity index (χ2v) is 8.54. The molecule has 2 aromatic carbocycles. The number of nitrogens with zero attached hydrogens (tertiary/aromatic N) is 3. The van der Waals surface area contributed by atoms with Gasteiger partial charge < -0.3 is 13.9 Å². The second kappa shape index (κ2) is 8.32. The number of carbonyl (C=O) groups excluding carboxylic acids is 1. The lowest BCUT2D eigenvalue weighted by Gasteiger charge is -2.23. The van der Waals surface area contributed by atoms with Crippen molar-refractivity contribution < 1.29 is 18.7 Å². The normalized spacial score (nSPS) is 15.2. The minimum absolute atomic E-state index is 0.0156. The minimum Gasteiger partial charge on any atom is -0.493 e. The summed E-state index contributed by atoms with van der Waals surface area (Å²) in [6.07, 6.45) is 0.855. The van der Waals surface area contributed by atoms with Gasteiger partial charge in [-0.05, 0) is 43.2 Å². The van der Waals surface area contributed by atoms with Gasteiger partial charge in [-0.1, -0.05) is 36.0 Å². The second-order valence-electron chi connectivity index (χ2n) is 7.73. The van der Waals surface area contributed by atoms with Gasteiger partial charge in [-0.25, -0.2) is 0 Å². The standard InChI is InChI=1S/C24H21N3O5S/c1-4-9-31-17-8-6-14(11-18(17)30-3)20-19-21(28)15-10-13(2)5-7-16(15)32-22(19)23(29)27(20)24-26-25-12-33-24/h5-8,10-12,20H,4,9H2,1-3H3/t20-/m1/s1. The van der Waals surface area contributed by atoms with Crippen LogP contribution in [-0.2, 0) is 0 Å². The fourth-order valence-electron chi connectivity index (χ4n) is 4.06. The van der Waals surface area contributed by atoms with Crippen LogP contribution in [0.15, 0.2) is 51.1 Å². The Bertz CT molecular complexity index is 1410. The topological polar surface area (TPSA) is 94.8 Å². The van der Waals surface area contributed by atoms with Crippen LogP contribution in [0.4, 0.5) is 5.13 Å². The minimum atomic E-state index is -0.740. The van der Waals surface area contributed by atoms with Gasteiger partial charge >= 0.3 is 0 Å². The molecule has 0 saturated carbocycles. The first-order valence-electron chi connectivity index (χ1n) is 10.5. The number of hydrogen-bond acceptors (Lipinski definition) is 8. The van der Waals surface area contributed by atoms with Gasteiger partial charge in [0.15, 0.2) is 16.9 Å². The van der Waals surface area contributed by atoms with Crippen LogP contribution >= 0.6 is 11.3 Å². The molecule has 3 heterocycles. The van der Waals surface area contributed by atoms with Crippen molar-refractivity contribution in [2.45, 2.75) is 26.3 Å². The third kappa shape index (κ3) is 3.45. The quantitative estimate of drug-likeness (QED) is 0.415. The number of amides is 1. The Morgan fingerprint density at radius 2 is 2.00 bits per heavy atom. The maximum atomic E-state index is 13.7. The van der Waals surface area contributed by atoms with E-state index in [1.807, 2.05) is 26.0 Å².